The van der Waals surface area contributed by atoms with Crippen LogP contribution in [-0.2, 0) is 17.6 Å². The molecule has 0 saturated heterocycles. The maximum atomic E-state index is 11.0. The second kappa shape index (κ2) is 4.28. The van der Waals surface area contributed by atoms with Crippen molar-refractivity contribution in [1.29, 1.82) is 0 Å². The summed E-state index contributed by atoms with van der Waals surface area (Å²) in [7, 11) is 0. The van der Waals surface area contributed by atoms with Gasteiger partial charge >= 0.3 is 5.97 Å². The van der Waals surface area contributed by atoms with Crippen molar-refractivity contribution in [3.63, 3.8) is 0 Å². The summed E-state index contributed by atoms with van der Waals surface area (Å²) < 4.78 is 0. The number of aliphatic carboxylic acids is 1. The van der Waals surface area contributed by atoms with E-state index in [1.165, 1.54) is 16.7 Å². The predicted octanol–water partition coefficient (Wildman–Crippen LogP) is 2.82. The summed E-state index contributed by atoms with van der Waals surface area (Å²) in [4.78, 5) is 11.0. The number of carboxylic acids is 1. The minimum atomic E-state index is -0.666. The monoisotopic (exact) mass is 218 g/mol. The van der Waals surface area contributed by atoms with Gasteiger partial charge in [-0.25, -0.2) is 0 Å². The lowest BCUT2D eigenvalue weighted by Gasteiger charge is -2.27. The molecule has 0 amide bonds. The van der Waals surface area contributed by atoms with Gasteiger partial charge < -0.3 is 5.11 Å². The van der Waals surface area contributed by atoms with Gasteiger partial charge in [-0.05, 0) is 43.2 Å². The van der Waals surface area contributed by atoms with E-state index in [1.54, 1.807) is 0 Å². The summed E-state index contributed by atoms with van der Waals surface area (Å²) in [5.41, 5.74) is 4.02. The molecule has 2 atom stereocenters. The van der Waals surface area contributed by atoms with Gasteiger partial charge in [0.2, 0.25) is 0 Å². The van der Waals surface area contributed by atoms with E-state index >= 15 is 0 Å². The van der Waals surface area contributed by atoms with E-state index in [0.717, 1.165) is 19.3 Å². The van der Waals surface area contributed by atoms with Crippen LogP contribution in [0, 0.1) is 18.8 Å². The summed E-state index contributed by atoms with van der Waals surface area (Å²) in [5, 5.41) is 9.04. The molecule has 1 N–H and O–H groups in total. The average molecular weight is 218 g/mol. The smallest absolute Gasteiger partial charge is 0.306 e. The van der Waals surface area contributed by atoms with Crippen molar-refractivity contribution < 1.29 is 9.90 Å². The Morgan fingerprint density at radius 1 is 1.44 bits per heavy atom. The molecule has 86 valence electrons. The zero-order valence-electron chi connectivity index (χ0n) is 9.86. The number of carbonyl (C=O) groups is 1. The van der Waals surface area contributed by atoms with Crippen molar-refractivity contribution in [3.8, 4) is 0 Å². The molecule has 1 aliphatic rings. The van der Waals surface area contributed by atoms with Gasteiger partial charge in [0.25, 0.3) is 0 Å². The Morgan fingerprint density at radius 2 is 2.19 bits per heavy atom. The molecule has 0 spiro atoms. The van der Waals surface area contributed by atoms with Crippen molar-refractivity contribution in [3.05, 3.63) is 34.9 Å². The second-order valence-corrected chi connectivity index (χ2v) is 4.90. The van der Waals surface area contributed by atoms with Gasteiger partial charge in [-0.15, -0.1) is 0 Å². The Morgan fingerprint density at radius 3 is 2.88 bits per heavy atom. The van der Waals surface area contributed by atoms with Gasteiger partial charge in [0.15, 0.2) is 0 Å². The van der Waals surface area contributed by atoms with Gasteiger partial charge in [0, 0.05) is 0 Å². The number of hydrogen-bond acceptors (Lipinski definition) is 1. The average Bonchev–Trinajstić information content (AvgIpc) is 2.26. The number of hydrogen-bond donors (Lipinski definition) is 1. The van der Waals surface area contributed by atoms with E-state index in [9.17, 15) is 4.79 Å². The fourth-order valence-corrected chi connectivity index (χ4v) is 2.54. The molecule has 0 aliphatic heterocycles. The van der Waals surface area contributed by atoms with Crippen LogP contribution in [0.1, 0.15) is 30.0 Å². The predicted molar refractivity (Wildman–Crippen MR) is 63.5 cm³/mol. The van der Waals surface area contributed by atoms with E-state index in [0.29, 0.717) is 5.92 Å². The largest absolute Gasteiger partial charge is 0.481 e. The Balaban J connectivity index is 2.19. The molecular weight excluding hydrogens is 200 g/mol. The molecule has 0 fully saturated rings. The van der Waals surface area contributed by atoms with E-state index in [-0.39, 0.29) is 5.92 Å². The third-order valence-corrected chi connectivity index (χ3v) is 3.72. The zero-order chi connectivity index (χ0) is 11.7. The summed E-state index contributed by atoms with van der Waals surface area (Å²) in [5.74, 6) is -0.596. The molecule has 2 heteroatoms. The summed E-state index contributed by atoms with van der Waals surface area (Å²) in [6.07, 6.45) is 2.95. The topological polar surface area (TPSA) is 37.3 Å². The van der Waals surface area contributed by atoms with Gasteiger partial charge in [0.05, 0.1) is 5.92 Å². The van der Waals surface area contributed by atoms with Crippen molar-refractivity contribution in [2.45, 2.75) is 33.1 Å². The molecule has 0 radical (unpaired) electrons. The van der Waals surface area contributed by atoms with Crippen LogP contribution in [0.3, 0.4) is 0 Å². The van der Waals surface area contributed by atoms with Gasteiger partial charge in [-0.2, -0.15) is 0 Å². The highest BCUT2D eigenvalue weighted by Crippen LogP contribution is 2.30. The molecule has 1 aromatic carbocycles. The maximum Gasteiger partial charge on any atom is 0.306 e. The van der Waals surface area contributed by atoms with Crippen LogP contribution in [0.5, 0.6) is 0 Å². The SMILES string of the molecule is Cc1ccc2c(c1)CC(C(C)C(=O)O)CC2. The highest BCUT2D eigenvalue weighted by Gasteiger charge is 2.27. The van der Waals surface area contributed by atoms with E-state index in [2.05, 4.69) is 25.1 Å². The molecule has 2 unspecified atom stereocenters. The summed E-state index contributed by atoms with van der Waals surface area (Å²) in [6, 6.07) is 6.53. The van der Waals surface area contributed by atoms with Crippen LogP contribution in [0.25, 0.3) is 0 Å². The third kappa shape index (κ3) is 2.11. The van der Waals surface area contributed by atoms with Crippen molar-refractivity contribution in [1.82, 2.24) is 0 Å². The first-order valence-corrected chi connectivity index (χ1v) is 5.89. The lowest BCUT2D eigenvalue weighted by molar-refractivity contribution is -0.143. The zero-order valence-corrected chi connectivity index (χ0v) is 9.86. The molecule has 1 aliphatic carbocycles. The Labute approximate surface area is 96.3 Å². The minimum Gasteiger partial charge on any atom is -0.481 e. The van der Waals surface area contributed by atoms with E-state index in [1.807, 2.05) is 6.92 Å². The molecular formula is C14H18O2. The number of carboxylic acid groups (broad SMARTS) is 1. The van der Waals surface area contributed by atoms with Crippen molar-refractivity contribution >= 4 is 5.97 Å². The van der Waals surface area contributed by atoms with E-state index < -0.39 is 5.97 Å². The van der Waals surface area contributed by atoms with Crippen LogP contribution in [0.15, 0.2) is 18.2 Å². The van der Waals surface area contributed by atoms with Gasteiger partial charge in [-0.3, -0.25) is 4.79 Å². The Bertz CT molecular complexity index is 409. The summed E-state index contributed by atoms with van der Waals surface area (Å²) in [6.45, 7) is 3.91. The maximum absolute atomic E-state index is 11.0. The highest BCUT2D eigenvalue weighted by molar-refractivity contribution is 5.70. The molecule has 0 saturated carbocycles. The normalized spacial score (nSPS) is 21.2. The van der Waals surface area contributed by atoms with E-state index in [4.69, 9.17) is 5.11 Å². The molecule has 0 heterocycles. The summed E-state index contributed by atoms with van der Waals surface area (Å²) >= 11 is 0. The van der Waals surface area contributed by atoms with Crippen LogP contribution in [-0.4, -0.2) is 11.1 Å². The molecule has 0 aromatic heterocycles. The Hall–Kier alpha value is -1.31. The quantitative estimate of drug-likeness (QED) is 0.828. The third-order valence-electron chi connectivity index (χ3n) is 3.72. The standard InChI is InChI=1S/C14H18O2/c1-9-3-4-11-5-6-12(8-13(11)7-9)10(2)14(15)16/h3-4,7,10,12H,5-6,8H2,1-2H3,(H,15,16). The minimum absolute atomic E-state index is 0.228. The van der Waals surface area contributed by atoms with Crippen molar-refractivity contribution in [2.75, 3.05) is 0 Å². The fourth-order valence-electron chi connectivity index (χ4n) is 2.54. The van der Waals surface area contributed by atoms with Crippen LogP contribution in [0.4, 0.5) is 0 Å². The number of benzene rings is 1. The lowest BCUT2D eigenvalue weighted by atomic mass is 9.77. The molecule has 2 rings (SSSR count). The van der Waals surface area contributed by atoms with Gasteiger partial charge in [-0.1, -0.05) is 30.7 Å². The van der Waals surface area contributed by atoms with Crippen molar-refractivity contribution in [2.24, 2.45) is 11.8 Å². The fraction of sp³-hybridized carbons (Fsp3) is 0.500. The van der Waals surface area contributed by atoms with Gasteiger partial charge in [0.1, 0.15) is 0 Å². The van der Waals surface area contributed by atoms with Crippen LogP contribution in [0.2, 0.25) is 0 Å². The molecule has 0 bridgehead atoms. The first-order valence-electron chi connectivity index (χ1n) is 5.89. The number of fused-ring (bicyclic) bond motifs is 1. The first kappa shape index (κ1) is 11.2. The number of rotatable bonds is 2. The first-order chi connectivity index (χ1) is 7.58. The number of aryl methyl sites for hydroxylation is 2. The molecule has 1 aromatic rings. The highest BCUT2D eigenvalue weighted by atomic mass is 16.4. The second-order valence-electron chi connectivity index (χ2n) is 4.90. The Kier molecular flexibility index (Phi) is 2.99. The molecule has 2 nitrogen and oxygen atoms in total. The molecule has 16 heavy (non-hydrogen) atoms. The van der Waals surface area contributed by atoms with Crippen LogP contribution >= 0.6 is 0 Å². The lowest BCUT2D eigenvalue weighted by Crippen LogP contribution is -2.26. The van der Waals surface area contributed by atoms with Crippen LogP contribution < -0.4 is 0 Å².